The molecular formula is C8H13F2S. The molecule has 0 heterocycles. The van der Waals surface area contributed by atoms with Gasteiger partial charge in [0.1, 0.15) is 0 Å². The van der Waals surface area contributed by atoms with Crippen LogP contribution in [0.1, 0.15) is 26.2 Å². The molecule has 0 fully saturated rings. The van der Waals surface area contributed by atoms with Gasteiger partial charge in [0.25, 0.3) is 6.08 Å². The largest absolute Gasteiger partial charge is 0.266 e. The molecule has 0 N–H and O–H groups in total. The molecule has 11 heavy (non-hydrogen) atoms. The van der Waals surface area contributed by atoms with Crippen molar-refractivity contribution >= 4 is 11.8 Å². The molecule has 0 spiro atoms. The maximum absolute atomic E-state index is 11.5. The maximum Gasteiger partial charge on any atom is 0.266 e. The lowest BCUT2D eigenvalue weighted by Crippen LogP contribution is -1.78. The van der Waals surface area contributed by atoms with Gasteiger partial charge in [0.05, 0.1) is 0 Å². The average molecular weight is 179 g/mol. The number of thioether (sulfide) groups is 1. The van der Waals surface area contributed by atoms with Crippen LogP contribution in [-0.4, -0.2) is 5.75 Å². The van der Waals surface area contributed by atoms with Crippen molar-refractivity contribution in [1.82, 2.24) is 0 Å². The molecule has 0 nitrogen and oxygen atoms in total. The Balaban J connectivity index is 2.97. The summed E-state index contributed by atoms with van der Waals surface area (Å²) in [6.07, 6.45) is 1.81. The van der Waals surface area contributed by atoms with Crippen LogP contribution in [0.3, 0.4) is 0 Å². The van der Waals surface area contributed by atoms with Gasteiger partial charge in [0.2, 0.25) is 0 Å². The third-order valence-electron chi connectivity index (χ3n) is 1.18. The number of hydrogen-bond acceptors (Lipinski definition) is 1. The highest BCUT2D eigenvalue weighted by molar-refractivity contribution is 8.01. The van der Waals surface area contributed by atoms with E-state index in [4.69, 9.17) is 0 Å². The molecule has 0 bridgehead atoms. The zero-order chi connectivity index (χ0) is 8.53. The zero-order valence-corrected chi connectivity index (χ0v) is 7.46. The quantitative estimate of drug-likeness (QED) is 0.558. The molecule has 0 saturated heterocycles. The van der Waals surface area contributed by atoms with Gasteiger partial charge in [-0.1, -0.05) is 6.92 Å². The fourth-order valence-corrected chi connectivity index (χ4v) is 1.27. The summed E-state index contributed by atoms with van der Waals surface area (Å²) in [5, 5.41) is 0. The van der Waals surface area contributed by atoms with Crippen LogP contribution < -0.4 is 0 Å². The third-order valence-corrected chi connectivity index (χ3v) is 2.04. The summed E-state index contributed by atoms with van der Waals surface area (Å²) in [5.74, 6) is 3.06. The second-order valence-corrected chi connectivity index (χ2v) is 3.31. The summed E-state index contributed by atoms with van der Waals surface area (Å²) in [7, 11) is 0. The Kier molecular flexibility index (Phi) is 8.01. The van der Waals surface area contributed by atoms with E-state index < -0.39 is 6.08 Å². The minimum atomic E-state index is -1.56. The lowest BCUT2D eigenvalue weighted by Gasteiger charge is -1.94. The molecule has 0 aliphatic carbocycles. The van der Waals surface area contributed by atoms with Gasteiger partial charge in [0.15, 0.2) is 0 Å². The minimum absolute atomic E-state index is 0.507. The van der Waals surface area contributed by atoms with Crippen molar-refractivity contribution in [2.24, 2.45) is 0 Å². The van der Waals surface area contributed by atoms with Crippen LogP contribution in [-0.2, 0) is 0 Å². The van der Waals surface area contributed by atoms with E-state index in [2.05, 4.69) is 0 Å². The number of halogens is 2. The fourth-order valence-electron chi connectivity index (χ4n) is 0.659. The van der Waals surface area contributed by atoms with E-state index in [1.54, 1.807) is 11.8 Å². The smallest absolute Gasteiger partial charge is 0.174 e. The summed E-state index contributed by atoms with van der Waals surface area (Å²) in [4.78, 5) is 0. The van der Waals surface area contributed by atoms with Gasteiger partial charge in [0, 0.05) is 5.75 Å². The molecular weight excluding hydrogens is 166 g/mol. The number of unbranched alkanes of at least 4 members (excludes halogenated alkanes) is 2. The molecule has 0 rings (SSSR count). The molecule has 0 atom stereocenters. The van der Waals surface area contributed by atoms with Gasteiger partial charge >= 0.3 is 0 Å². The average Bonchev–Trinajstić information content (AvgIpc) is 1.96. The molecule has 0 saturated carbocycles. The number of hydrogen-bond donors (Lipinski definition) is 0. The van der Waals surface area contributed by atoms with Crippen molar-refractivity contribution in [3.63, 3.8) is 0 Å². The van der Waals surface area contributed by atoms with Crippen molar-refractivity contribution in [3.8, 4) is 0 Å². The van der Waals surface area contributed by atoms with E-state index in [0.29, 0.717) is 6.42 Å². The second kappa shape index (κ2) is 8.05. The Morgan fingerprint density at radius 3 is 2.64 bits per heavy atom. The summed E-state index contributed by atoms with van der Waals surface area (Å²) in [5.41, 5.74) is 0. The molecule has 0 amide bonds. The van der Waals surface area contributed by atoms with E-state index in [-0.39, 0.29) is 0 Å². The standard InChI is InChI=1S/C8H13F2S/c1-2-11-7-5-3-4-6-8(9)10/h2,6H,3-5,7H2,1H3. The first-order valence-corrected chi connectivity index (χ1v) is 4.73. The highest BCUT2D eigenvalue weighted by Crippen LogP contribution is 2.09. The summed E-state index contributed by atoms with van der Waals surface area (Å²) in [6, 6.07) is 0. The minimum Gasteiger partial charge on any atom is -0.174 e. The SMILES string of the molecule is C[CH]SCCCCC=C(F)F. The van der Waals surface area contributed by atoms with Crippen LogP contribution in [0, 0.1) is 5.75 Å². The van der Waals surface area contributed by atoms with Crippen molar-refractivity contribution < 1.29 is 8.78 Å². The molecule has 0 aliphatic heterocycles. The topological polar surface area (TPSA) is 0 Å². The van der Waals surface area contributed by atoms with Gasteiger partial charge in [-0.2, -0.15) is 20.5 Å². The van der Waals surface area contributed by atoms with Crippen LogP contribution >= 0.6 is 11.8 Å². The Morgan fingerprint density at radius 1 is 1.36 bits per heavy atom. The predicted octanol–water partition coefficient (Wildman–Crippen LogP) is 3.85. The third kappa shape index (κ3) is 9.95. The first kappa shape index (κ1) is 11.0. The van der Waals surface area contributed by atoms with Crippen LogP contribution in [0.2, 0.25) is 0 Å². The maximum atomic E-state index is 11.5. The van der Waals surface area contributed by atoms with Gasteiger partial charge in [-0.25, -0.2) is 0 Å². The monoisotopic (exact) mass is 179 g/mol. The van der Waals surface area contributed by atoms with Crippen LogP contribution in [0.4, 0.5) is 8.78 Å². The number of rotatable bonds is 6. The molecule has 3 heteroatoms. The zero-order valence-electron chi connectivity index (χ0n) is 6.65. The lowest BCUT2D eigenvalue weighted by molar-refractivity contribution is 0.417. The molecule has 1 radical (unpaired) electrons. The Morgan fingerprint density at radius 2 is 2.09 bits per heavy atom. The molecule has 0 aromatic carbocycles. The van der Waals surface area contributed by atoms with Crippen molar-refractivity contribution in [1.29, 1.82) is 0 Å². The lowest BCUT2D eigenvalue weighted by atomic mass is 10.2. The molecule has 65 valence electrons. The normalized spacial score (nSPS) is 9.73. The fraction of sp³-hybridized carbons (Fsp3) is 0.625. The van der Waals surface area contributed by atoms with E-state index in [1.807, 2.05) is 12.7 Å². The van der Waals surface area contributed by atoms with E-state index in [0.717, 1.165) is 24.7 Å². The van der Waals surface area contributed by atoms with E-state index >= 15 is 0 Å². The van der Waals surface area contributed by atoms with Crippen LogP contribution in [0.5, 0.6) is 0 Å². The summed E-state index contributed by atoms with van der Waals surface area (Å²) < 4.78 is 22.9. The van der Waals surface area contributed by atoms with Gasteiger partial charge in [-0.05, 0) is 31.1 Å². The van der Waals surface area contributed by atoms with Gasteiger partial charge < -0.3 is 0 Å². The second-order valence-electron chi connectivity index (χ2n) is 2.10. The van der Waals surface area contributed by atoms with Crippen molar-refractivity contribution in [3.05, 3.63) is 17.9 Å². The predicted molar refractivity (Wildman–Crippen MR) is 46.6 cm³/mol. The van der Waals surface area contributed by atoms with Gasteiger partial charge in [-0.3, -0.25) is 0 Å². The first-order valence-electron chi connectivity index (χ1n) is 3.68. The Labute approximate surface area is 71.1 Å². The molecule has 0 unspecified atom stereocenters. The first-order chi connectivity index (χ1) is 5.27. The highest BCUT2D eigenvalue weighted by Gasteiger charge is 1.89. The Bertz CT molecular complexity index is 109. The molecule has 0 aromatic heterocycles. The summed E-state index contributed by atoms with van der Waals surface area (Å²) >= 11 is 1.73. The summed E-state index contributed by atoms with van der Waals surface area (Å²) in [6.45, 7) is 1.98. The van der Waals surface area contributed by atoms with E-state index in [9.17, 15) is 8.78 Å². The van der Waals surface area contributed by atoms with Gasteiger partial charge in [-0.15, -0.1) is 0 Å². The highest BCUT2D eigenvalue weighted by atomic mass is 32.2. The van der Waals surface area contributed by atoms with Crippen LogP contribution in [0.25, 0.3) is 0 Å². The molecule has 0 aliphatic rings. The Hall–Kier alpha value is -0.0500. The molecule has 0 aromatic rings. The van der Waals surface area contributed by atoms with Crippen molar-refractivity contribution in [2.75, 3.05) is 5.75 Å². The van der Waals surface area contributed by atoms with Crippen molar-refractivity contribution in [2.45, 2.75) is 26.2 Å². The van der Waals surface area contributed by atoms with Crippen LogP contribution in [0.15, 0.2) is 12.2 Å². The van der Waals surface area contributed by atoms with E-state index in [1.165, 1.54) is 0 Å². The number of allylic oxidation sites excluding steroid dienone is 1.